The maximum atomic E-state index is 12.0. The molecule has 218 valence electrons. The van der Waals surface area contributed by atoms with Crippen molar-refractivity contribution < 1.29 is 36.3 Å². The lowest BCUT2D eigenvalue weighted by Crippen LogP contribution is -2.48. The third-order valence-corrected chi connectivity index (χ3v) is 7.54. The summed E-state index contributed by atoms with van der Waals surface area (Å²) in [4.78, 5) is 0. The first-order valence-corrected chi connectivity index (χ1v) is 15.3. The van der Waals surface area contributed by atoms with E-state index in [2.05, 4.69) is 13.2 Å². The smallest absolute Gasteiger partial charge is 0.306 e. The highest BCUT2D eigenvalue weighted by Crippen LogP contribution is 2.50. The second-order valence-corrected chi connectivity index (χ2v) is 12.3. The van der Waals surface area contributed by atoms with Crippen LogP contribution in [0.2, 0.25) is 0 Å². The summed E-state index contributed by atoms with van der Waals surface area (Å²) in [7, 11) is -3.79. The Hall–Kier alpha value is -2.69. The van der Waals surface area contributed by atoms with Crippen LogP contribution in [0.1, 0.15) is 63.0 Å². The molecule has 0 bridgehead atoms. The van der Waals surface area contributed by atoms with Gasteiger partial charge in [0.05, 0.1) is 25.6 Å². The van der Waals surface area contributed by atoms with Crippen molar-refractivity contribution in [3.05, 3.63) is 84.5 Å². The lowest BCUT2D eigenvalue weighted by molar-refractivity contribution is -0.226. The second-order valence-electron chi connectivity index (χ2n) is 10.7. The molecule has 0 aliphatic carbocycles. The third-order valence-electron chi connectivity index (χ3n) is 7.06. The highest BCUT2D eigenvalue weighted by Gasteiger charge is 2.56. The Morgan fingerprint density at radius 1 is 1.12 bits per heavy atom. The lowest BCUT2D eigenvalue weighted by Gasteiger charge is -2.36. The molecule has 2 aromatic carbocycles. The second kappa shape index (κ2) is 12.0. The van der Waals surface area contributed by atoms with Crippen LogP contribution in [0.15, 0.2) is 67.8 Å². The Morgan fingerprint density at radius 2 is 1.85 bits per heavy atom. The fourth-order valence-corrected chi connectivity index (χ4v) is 6.11. The summed E-state index contributed by atoms with van der Waals surface area (Å²) in [5.74, 6) is -0.715. The first kappa shape index (κ1) is 30.3. The van der Waals surface area contributed by atoms with Crippen molar-refractivity contribution in [1.82, 2.24) is 0 Å². The minimum atomic E-state index is -3.79. The summed E-state index contributed by atoms with van der Waals surface area (Å²) in [5.41, 5.74) is 1.61. The van der Waals surface area contributed by atoms with Crippen molar-refractivity contribution in [3.8, 4) is 11.5 Å². The number of hydrogen-bond donors (Lipinski definition) is 0. The number of allylic oxidation sites excluding steroid dienone is 1. The molecule has 1 spiro atoms. The van der Waals surface area contributed by atoms with Crippen molar-refractivity contribution in [2.75, 3.05) is 19.5 Å². The summed E-state index contributed by atoms with van der Waals surface area (Å²) in [6.45, 7) is 16.3. The first-order chi connectivity index (χ1) is 18.9. The van der Waals surface area contributed by atoms with Gasteiger partial charge in [-0.3, -0.25) is 0 Å². The Morgan fingerprint density at radius 3 is 2.48 bits per heavy atom. The average molecular weight is 573 g/mol. The van der Waals surface area contributed by atoms with E-state index in [9.17, 15) is 8.42 Å². The van der Waals surface area contributed by atoms with Gasteiger partial charge in [-0.15, -0.1) is 13.2 Å². The maximum Gasteiger partial charge on any atom is 0.306 e. The van der Waals surface area contributed by atoms with E-state index >= 15 is 0 Å². The monoisotopic (exact) mass is 572 g/mol. The maximum absolute atomic E-state index is 12.0. The van der Waals surface area contributed by atoms with Crippen molar-refractivity contribution in [3.63, 3.8) is 0 Å². The quantitative estimate of drug-likeness (QED) is 0.259. The molecule has 2 aliphatic heterocycles. The van der Waals surface area contributed by atoms with Crippen LogP contribution in [-0.2, 0) is 35.5 Å². The fourth-order valence-electron chi connectivity index (χ4n) is 5.65. The molecule has 0 radical (unpaired) electrons. The molecule has 0 saturated carbocycles. The summed E-state index contributed by atoms with van der Waals surface area (Å²) in [6, 6.07) is 13.2. The zero-order valence-corrected chi connectivity index (χ0v) is 24.7. The van der Waals surface area contributed by atoms with Crippen LogP contribution in [0.4, 0.5) is 0 Å². The minimum Gasteiger partial charge on any atom is -0.490 e. The van der Waals surface area contributed by atoms with Crippen LogP contribution in [0, 0.1) is 0 Å². The molecule has 0 aromatic heterocycles. The minimum absolute atomic E-state index is 0.120. The Bertz CT molecular complexity index is 1310. The van der Waals surface area contributed by atoms with Gasteiger partial charge in [0.2, 0.25) is 0 Å². The van der Waals surface area contributed by atoms with Crippen molar-refractivity contribution >= 4 is 10.1 Å². The Kier molecular flexibility index (Phi) is 9.11. The molecule has 4 rings (SSSR count). The average Bonchev–Trinajstić information content (AvgIpc) is 3.19. The standard InChI is InChI=1S/C31H40O8S/c1-8-14-25-24(17-18-26(27(25)34-10-3)39-40(7,32)33)23(9-2)28-31(19-21(4)37-30(5,6)35-20-31)38-29(36-28)22-15-12-11-13-16-22/h8-9,11-13,15-18,21,23,28-29H,1-2,10,14,19-20H2,3-7H3/t21-,23+,28-,29-,31-/m0/s1. The predicted molar refractivity (Wildman–Crippen MR) is 153 cm³/mol. The molecule has 5 atom stereocenters. The van der Waals surface area contributed by atoms with Crippen LogP contribution in [0.25, 0.3) is 0 Å². The number of ether oxygens (including phenoxy) is 5. The Labute approximate surface area is 238 Å². The number of benzene rings is 2. The summed E-state index contributed by atoms with van der Waals surface area (Å²) in [5, 5.41) is 0. The van der Waals surface area contributed by atoms with Crippen LogP contribution < -0.4 is 8.92 Å². The van der Waals surface area contributed by atoms with E-state index in [1.807, 2.05) is 70.2 Å². The van der Waals surface area contributed by atoms with Crippen LogP contribution >= 0.6 is 0 Å². The summed E-state index contributed by atoms with van der Waals surface area (Å²) >= 11 is 0. The molecule has 2 fully saturated rings. The summed E-state index contributed by atoms with van der Waals surface area (Å²) < 4.78 is 61.3. The SMILES string of the molecule is C=CCc1c([C@@H](C=C)[C@@H]2O[C@H](c3ccccc3)O[C@@]23COC(C)(C)O[C@@H](C)C3)ccc(OS(C)(=O)=O)c1OCC. The molecule has 2 aliphatic rings. The molecular weight excluding hydrogens is 532 g/mol. The van der Waals surface area contributed by atoms with E-state index in [4.69, 9.17) is 27.9 Å². The zero-order valence-electron chi connectivity index (χ0n) is 23.9. The van der Waals surface area contributed by atoms with Crippen molar-refractivity contribution in [2.24, 2.45) is 0 Å². The van der Waals surface area contributed by atoms with Gasteiger partial charge in [0.15, 0.2) is 23.6 Å². The molecule has 8 nitrogen and oxygen atoms in total. The van der Waals surface area contributed by atoms with Gasteiger partial charge in [0.25, 0.3) is 0 Å². The van der Waals surface area contributed by atoms with Gasteiger partial charge in [-0.1, -0.05) is 48.6 Å². The molecule has 2 aromatic rings. The highest BCUT2D eigenvalue weighted by molar-refractivity contribution is 7.86. The van der Waals surface area contributed by atoms with Gasteiger partial charge < -0.3 is 27.9 Å². The van der Waals surface area contributed by atoms with E-state index in [-0.39, 0.29) is 24.4 Å². The molecule has 0 amide bonds. The number of hydrogen-bond acceptors (Lipinski definition) is 8. The van der Waals surface area contributed by atoms with Gasteiger partial charge in [0.1, 0.15) is 11.7 Å². The molecule has 9 heteroatoms. The van der Waals surface area contributed by atoms with Crippen LogP contribution in [0.5, 0.6) is 11.5 Å². The van der Waals surface area contributed by atoms with Crippen LogP contribution in [-0.4, -0.2) is 51.5 Å². The topological polar surface area (TPSA) is 89.5 Å². The first-order valence-electron chi connectivity index (χ1n) is 13.5. The van der Waals surface area contributed by atoms with Gasteiger partial charge in [-0.2, -0.15) is 8.42 Å². The zero-order chi connectivity index (χ0) is 29.1. The number of rotatable bonds is 10. The van der Waals surface area contributed by atoms with E-state index in [0.29, 0.717) is 25.2 Å². The van der Waals surface area contributed by atoms with E-state index in [1.165, 1.54) is 0 Å². The fraction of sp³-hybridized carbons (Fsp3) is 0.484. The lowest BCUT2D eigenvalue weighted by atomic mass is 9.78. The molecule has 2 saturated heterocycles. The normalized spacial score (nSPS) is 27.1. The van der Waals surface area contributed by atoms with Gasteiger partial charge in [-0.05, 0) is 45.7 Å². The van der Waals surface area contributed by atoms with Gasteiger partial charge >= 0.3 is 10.1 Å². The molecular formula is C31H40O8S. The Balaban J connectivity index is 1.86. The van der Waals surface area contributed by atoms with Crippen molar-refractivity contribution in [2.45, 2.75) is 76.3 Å². The molecule has 0 unspecified atom stereocenters. The van der Waals surface area contributed by atoms with Gasteiger partial charge in [0, 0.05) is 23.5 Å². The van der Waals surface area contributed by atoms with E-state index < -0.39 is 33.9 Å². The molecule has 40 heavy (non-hydrogen) atoms. The van der Waals surface area contributed by atoms with Crippen LogP contribution in [0.3, 0.4) is 0 Å². The van der Waals surface area contributed by atoms with E-state index in [0.717, 1.165) is 22.9 Å². The van der Waals surface area contributed by atoms with Gasteiger partial charge in [-0.25, -0.2) is 0 Å². The largest absolute Gasteiger partial charge is 0.490 e. The van der Waals surface area contributed by atoms with Crippen molar-refractivity contribution in [1.29, 1.82) is 0 Å². The summed E-state index contributed by atoms with van der Waals surface area (Å²) in [6.07, 6.45) is 4.18. The van der Waals surface area contributed by atoms with E-state index in [1.54, 1.807) is 12.1 Å². The highest BCUT2D eigenvalue weighted by atomic mass is 32.2. The third kappa shape index (κ3) is 6.61. The predicted octanol–water partition coefficient (Wildman–Crippen LogP) is 5.84. The molecule has 0 N–H and O–H groups in total. The molecule has 2 heterocycles.